The first kappa shape index (κ1) is 28.5. The number of anilines is 2. The average Bonchev–Trinajstić information content (AvgIpc) is 3.46. The van der Waals surface area contributed by atoms with E-state index in [2.05, 4.69) is 25.6 Å². The average molecular weight is 564 g/mol. The summed E-state index contributed by atoms with van der Waals surface area (Å²) in [7, 11) is 0. The first-order valence-electron chi connectivity index (χ1n) is 12.0. The highest BCUT2D eigenvalue weighted by atomic mass is 19.4. The third-order valence-corrected chi connectivity index (χ3v) is 5.91. The molecule has 40 heavy (non-hydrogen) atoms. The summed E-state index contributed by atoms with van der Waals surface area (Å²) in [5.74, 6) is -3.72. The minimum Gasteiger partial charge on any atom is -0.475 e. The first-order chi connectivity index (χ1) is 18.8. The molecule has 1 aromatic carbocycles. The standard InChI is InChI=1S/C23H24FN7O2.C2HF3O2/c1-14-10-30-12-16(9-19(24)22(30)26-14)27-23(33)17-3-4-20(29-7-5-25-6-8-29)18-13-31(11-15(2)32)28-21(17)18;3-2(4,5)1(6)7/h3-4,9-10,12-13,25H,5-8,11H2,1-2H3,(H,27,33);(H,6,7). The Hall–Kier alpha value is -4.53. The lowest BCUT2D eigenvalue weighted by Gasteiger charge is -2.30. The summed E-state index contributed by atoms with van der Waals surface area (Å²) >= 11 is 0. The summed E-state index contributed by atoms with van der Waals surface area (Å²) in [6, 6.07) is 4.89. The Bertz CT molecular complexity index is 1590. The SMILES string of the molecule is CC(=O)Cn1cc2c(N3CCNCC3)ccc(C(=O)Nc3cc(F)c4nc(C)cn4c3)c2n1.O=C(O)C(F)(F)F. The zero-order chi connectivity index (χ0) is 29.2. The molecule has 1 amide bonds. The number of imidazole rings is 1. The molecule has 1 aliphatic heterocycles. The lowest BCUT2D eigenvalue weighted by molar-refractivity contribution is -0.192. The van der Waals surface area contributed by atoms with Gasteiger partial charge in [-0.05, 0) is 26.0 Å². The molecule has 0 atom stereocenters. The number of aryl methyl sites for hydroxylation is 1. The Morgan fingerprint density at radius 3 is 2.42 bits per heavy atom. The lowest BCUT2D eigenvalue weighted by Crippen LogP contribution is -2.43. The van der Waals surface area contributed by atoms with Gasteiger partial charge in [0.1, 0.15) is 5.52 Å². The van der Waals surface area contributed by atoms with Crippen LogP contribution in [0.3, 0.4) is 0 Å². The summed E-state index contributed by atoms with van der Waals surface area (Å²) in [5, 5.41) is 18.6. The minimum absolute atomic E-state index is 0.0306. The first-order valence-corrected chi connectivity index (χ1v) is 12.0. The number of carboxylic acids is 1. The molecule has 1 saturated heterocycles. The van der Waals surface area contributed by atoms with Crippen LogP contribution in [0.25, 0.3) is 16.6 Å². The van der Waals surface area contributed by atoms with E-state index in [0.717, 1.165) is 37.3 Å². The maximum absolute atomic E-state index is 14.5. The van der Waals surface area contributed by atoms with Crippen molar-refractivity contribution in [1.82, 2.24) is 24.5 Å². The number of nitrogens with one attached hydrogen (secondary N) is 2. The van der Waals surface area contributed by atoms with E-state index >= 15 is 0 Å². The molecule has 0 unspecified atom stereocenters. The van der Waals surface area contributed by atoms with E-state index < -0.39 is 23.9 Å². The van der Waals surface area contributed by atoms with Gasteiger partial charge in [0, 0.05) is 61.9 Å². The Labute approximate surface area is 224 Å². The van der Waals surface area contributed by atoms with Crippen LogP contribution in [0.4, 0.5) is 28.9 Å². The fourth-order valence-corrected chi connectivity index (χ4v) is 4.26. The third kappa shape index (κ3) is 6.36. The number of benzene rings is 1. The number of ketones is 1. The summed E-state index contributed by atoms with van der Waals surface area (Å²) in [4.78, 5) is 40.2. The molecule has 0 radical (unpaired) electrons. The van der Waals surface area contributed by atoms with Crippen molar-refractivity contribution >= 4 is 45.6 Å². The number of carbonyl (C=O) groups excluding carboxylic acids is 2. The van der Waals surface area contributed by atoms with Crippen LogP contribution in [-0.2, 0) is 16.1 Å². The smallest absolute Gasteiger partial charge is 0.475 e. The van der Waals surface area contributed by atoms with Gasteiger partial charge < -0.3 is 25.0 Å². The van der Waals surface area contributed by atoms with Gasteiger partial charge in [0.2, 0.25) is 0 Å². The number of rotatable bonds is 5. The molecule has 0 saturated carbocycles. The van der Waals surface area contributed by atoms with Gasteiger partial charge in [-0.25, -0.2) is 14.2 Å². The van der Waals surface area contributed by atoms with Gasteiger partial charge in [-0.1, -0.05) is 0 Å². The number of aromatic nitrogens is 4. The molecule has 0 bridgehead atoms. The van der Waals surface area contributed by atoms with E-state index in [4.69, 9.17) is 9.90 Å². The van der Waals surface area contributed by atoms with Gasteiger partial charge in [-0.15, -0.1) is 0 Å². The topological polar surface area (TPSA) is 134 Å². The fraction of sp³-hybridized carbons (Fsp3) is 0.320. The molecule has 3 N–H and O–H groups in total. The van der Waals surface area contributed by atoms with Crippen molar-refractivity contribution in [2.75, 3.05) is 36.4 Å². The van der Waals surface area contributed by atoms with Crippen LogP contribution in [0, 0.1) is 12.7 Å². The van der Waals surface area contributed by atoms with Crippen LogP contribution in [0.2, 0.25) is 0 Å². The van der Waals surface area contributed by atoms with Crippen LogP contribution in [-0.4, -0.2) is 74.3 Å². The molecule has 4 aromatic rings. The van der Waals surface area contributed by atoms with Crippen LogP contribution < -0.4 is 15.5 Å². The van der Waals surface area contributed by atoms with Crippen molar-refractivity contribution in [3.05, 3.63) is 53.9 Å². The van der Waals surface area contributed by atoms with E-state index in [1.807, 2.05) is 12.3 Å². The molecule has 0 aliphatic carbocycles. The zero-order valence-corrected chi connectivity index (χ0v) is 21.4. The van der Waals surface area contributed by atoms with Gasteiger partial charge in [0.15, 0.2) is 17.2 Å². The van der Waals surface area contributed by atoms with Gasteiger partial charge >= 0.3 is 12.1 Å². The quantitative estimate of drug-likeness (QED) is 0.316. The highest BCUT2D eigenvalue weighted by molar-refractivity contribution is 6.14. The number of aliphatic carboxylic acids is 1. The lowest BCUT2D eigenvalue weighted by atomic mass is 10.1. The van der Waals surface area contributed by atoms with Crippen LogP contribution in [0.15, 0.2) is 36.8 Å². The highest BCUT2D eigenvalue weighted by Gasteiger charge is 2.38. The molecular formula is C25H25F4N7O4. The fourth-order valence-electron chi connectivity index (χ4n) is 4.26. The Morgan fingerprint density at radius 2 is 1.80 bits per heavy atom. The van der Waals surface area contributed by atoms with Crippen LogP contribution in [0.5, 0.6) is 0 Å². The number of alkyl halides is 3. The van der Waals surface area contributed by atoms with Gasteiger partial charge in [0.05, 0.1) is 23.5 Å². The molecule has 4 heterocycles. The number of piperazine rings is 1. The number of hydrogen-bond acceptors (Lipinski definition) is 7. The molecule has 15 heteroatoms. The number of carboxylic acid groups (broad SMARTS) is 1. The van der Waals surface area contributed by atoms with E-state index in [1.165, 1.54) is 13.0 Å². The monoisotopic (exact) mass is 563 g/mol. The van der Waals surface area contributed by atoms with E-state index in [9.17, 15) is 27.2 Å². The predicted molar refractivity (Wildman–Crippen MR) is 137 cm³/mol. The summed E-state index contributed by atoms with van der Waals surface area (Å²) in [6.07, 6.45) is 0.0415. The maximum Gasteiger partial charge on any atom is 0.490 e. The summed E-state index contributed by atoms with van der Waals surface area (Å²) in [5.41, 5.74) is 3.03. The maximum atomic E-state index is 14.5. The number of amides is 1. The normalized spacial score (nSPS) is 13.7. The number of carbonyl (C=O) groups is 3. The summed E-state index contributed by atoms with van der Waals surface area (Å²) < 4.78 is 49.3. The molecule has 1 aliphatic rings. The number of fused-ring (bicyclic) bond motifs is 2. The van der Waals surface area contributed by atoms with Crippen molar-refractivity contribution in [3.63, 3.8) is 0 Å². The van der Waals surface area contributed by atoms with E-state index in [0.29, 0.717) is 22.5 Å². The van der Waals surface area contributed by atoms with Gasteiger partial charge in [-0.2, -0.15) is 18.3 Å². The largest absolute Gasteiger partial charge is 0.490 e. The van der Waals surface area contributed by atoms with Gasteiger partial charge in [-0.3, -0.25) is 14.3 Å². The molecule has 5 rings (SSSR count). The van der Waals surface area contributed by atoms with E-state index in [1.54, 1.807) is 34.5 Å². The number of hydrogen-bond donors (Lipinski definition) is 3. The number of Topliss-reactive ketones (excluding diaryl/α,β-unsaturated/α-hetero) is 1. The Morgan fingerprint density at radius 1 is 1.12 bits per heavy atom. The number of nitrogens with zero attached hydrogens (tertiary/aromatic N) is 5. The van der Waals surface area contributed by atoms with Crippen molar-refractivity contribution in [3.8, 4) is 0 Å². The van der Waals surface area contributed by atoms with E-state index in [-0.39, 0.29) is 18.0 Å². The Balaban J connectivity index is 0.000000470. The van der Waals surface area contributed by atoms with Gasteiger partial charge in [0.25, 0.3) is 5.91 Å². The van der Waals surface area contributed by atoms with Crippen molar-refractivity contribution < 1.29 is 37.1 Å². The number of halogens is 4. The van der Waals surface area contributed by atoms with Crippen LogP contribution >= 0.6 is 0 Å². The predicted octanol–water partition coefficient (Wildman–Crippen LogP) is 3.02. The minimum atomic E-state index is -5.08. The number of pyridine rings is 1. The summed E-state index contributed by atoms with van der Waals surface area (Å²) in [6.45, 7) is 6.81. The second kappa shape index (κ2) is 11.3. The molecule has 0 spiro atoms. The molecule has 212 valence electrons. The Kier molecular flexibility index (Phi) is 8.04. The molecule has 3 aromatic heterocycles. The second-order valence-electron chi connectivity index (χ2n) is 9.11. The second-order valence-corrected chi connectivity index (χ2v) is 9.11. The third-order valence-electron chi connectivity index (χ3n) is 5.91. The molecular weight excluding hydrogens is 538 g/mol. The van der Waals surface area contributed by atoms with Crippen molar-refractivity contribution in [2.24, 2.45) is 0 Å². The highest BCUT2D eigenvalue weighted by Crippen LogP contribution is 2.30. The molecule has 11 nitrogen and oxygen atoms in total. The zero-order valence-electron chi connectivity index (χ0n) is 21.4. The van der Waals surface area contributed by atoms with Crippen LogP contribution in [0.1, 0.15) is 23.0 Å². The molecule has 1 fully saturated rings. The van der Waals surface area contributed by atoms with Crippen molar-refractivity contribution in [2.45, 2.75) is 26.6 Å². The van der Waals surface area contributed by atoms with Crippen molar-refractivity contribution in [1.29, 1.82) is 0 Å².